The lowest BCUT2D eigenvalue weighted by molar-refractivity contribution is -0.117. The Balaban J connectivity index is 1.25. The Morgan fingerprint density at radius 3 is 2.57 bits per heavy atom. The largest absolute Gasteiger partial charge is 0.325 e. The number of nitrogens with zero attached hydrogens (tertiary/aromatic N) is 4. The standard InChI is InChI=1S/C22H24N6O2/c29-20(13-27-8-1-2-9-27)25-16-4-3-5-17(11-16)26-22(30)15-10-19-21(23-12-15)28(14-24-19)18-6-7-18/h3-5,10-12,14,18H,1-2,6-9,13H2,(H,25,29)(H,26,30). The second kappa shape index (κ2) is 7.87. The van der Waals surface area contributed by atoms with Crippen LogP contribution in [0.3, 0.4) is 0 Å². The lowest BCUT2D eigenvalue weighted by Gasteiger charge is -2.14. The Bertz CT molecular complexity index is 1100. The maximum atomic E-state index is 12.7. The zero-order chi connectivity index (χ0) is 20.5. The number of benzene rings is 1. The number of amides is 2. The molecule has 30 heavy (non-hydrogen) atoms. The molecule has 5 rings (SSSR count). The zero-order valence-corrected chi connectivity index (χ0v) is 16.7. The molecule has 0 atom stereocenters. The van der Waals surface area contributed by atoms with Gasteiger partial charge in [-0.25, -0.2) is 9.97 Å². The van der Waals surface area contributed by atoms with E-state index in [0.717, 1.165) is 49.9 Å². The van der Waals surface area contributed by atoms with Gasteiger partial charge in [-0.3, -0.25) is 14.5 Å². The van der Waals surface area contributed by atoms with Crippen molar-refractivity contribution in [3.8, 4) is 0 Å². The number of likely N-dealkylation sites (tertiary alicyclic amines) is 1. The molecule has 154 valence electrons. The van der Waals surface area contributed by atoms with E-state index in [1.807, 2.05) is 6.07 Å². The van der Waals surface area contributed by atoms with Crippen molar-refractivity contribution in [2.75, 3.05) is 30.3 Å². The van der Waals surface area contributed by atoms with Crippen LogP contribution in [0.5, 0.6) is 0 Å². The van der Waals surface area contributed by atoms with Crippen molar-refractivity contribution in [3.63, 3.8) is 0 Å². The van der Waals surface area contributed by atoms with Gasteiger partial charge in [0.25, 0.3) is 5.91 Å². The summed E-state index contributed by atoms with van der Waals surface area (Å²) >= 11 is 0. The summed E-state index contributed by atoms with van der Waals surface area (Å²) in [7, 11) is 0. The van der Waals surface area contributed by atoms with Crippen LogP contribution >= 0.6 is 0 Å². The Hall–Kier alpha value is -3.26. The van der Waals surface area contributed by atoms with E-state index in [-0.39, 0.29) is 11.8 Å². The molecule has 8 nitrogen and oxygen atoms in total. The van der Waals surface area contributed by atoms with Gasteiger partial charge in [0.2, 0.25) is 5.91 Å². The van der Waals surface area contributed by atoms with Gasteiger partial charge in [-0.15, -0.1) is 0 Å². The van der Waals surface area contributed by atoms with E-state index in [9.17, 15) is 9.59 Å². The summed E-state index contributed by atoms with van der Waals surface area (Å²) in [4.78, 5) is 35.9. The Kier molecular flexibility index (Phi) is 4.92. The van der Waals surface area contributed by atoms with Crippen LogP contribution in [0.4, 0.5) is 11.4 Å². The zero-order valence-electron chi connectivity index (χ0n) is 16.7. The topological polar surface area (TPSA) is 92.2 Å². The molecule has 0 unspecified atom stereocenters. The van der Waals surface area contributed by atoms with Crippen LogP contribution in [-0.4, -0.2) is 50.9 Å². The van der Waals surface area contributed by atoms with Crippen molar-refractivity contribution in [2.45, 2.75) is 31.7 Å². The third-order valence-corrected chi connectivity index (χ3v) is 5.59. The highest BCUT2D eigenvalue weighted by Gasteiger charge is 2.25. The van der Waals surface area contributed by atoms with Crippen LogP contribution in [0.2, 0.25) is 0 Å². The fourth-order valence-electron chi connectivity index (χ4n) is 3.89. The first-order valence-electron chi connectivity index (χ1n) is 10.4. The Morgan fingerprint density at radius 2 is 1.80 bits per heavy atom. The predicted octanol–water partition coefficient (Wildman–Crippen LogP) is 3.05. The molecule has 2 aromatic heterocycles. The summed E-state index contributed by atoms with van der Waals surface area (Å²) in [6.07, 6.45) is 7.98. The van der Waals surface area contributed by atoms with Gasteiger partial charge in [0.1, 0.15) is 5.52 Å². The number of imidazole rings is 1. The first-order valence-corrected chi connectivity index (χ1v) is 10.4. The highest BCUT2D eigenvalue weighted by Crippen LogP contribution is 2.36. The molecule has 8 heteroatoms. The van der Waals surface area contributed by atoms with E-state index in [2.05, 4.69) is 30.1 Å². The third-order valence-electron chi connectivity index (χ3n) is 5.59. The molecule has 1 aliphatic carbocycles. The monoisotopic (exact) mass is 404 g/mol. The first kappa shape index (κ1) is 18.7. The van der Waals surface area contributed by atoms with E-state index >= 15 is 0 Å². The number of rotatable bonds is 6. The van der Waals surface area contributed by atoms with E-state index < -0.39 is 0 Å². The van der Waals surface area contributed by atoms with Crippen molar-refractivity contribution >= 4 is 34.4 Å². The van der Waals surface area contributed by atoms with Crippen molar-refractivity contribution in [3.05, 3.63) is 48.4 Å². The van der Waals surface area contributed by atoms with Crippen LogP contribution in [0.25, 0.3) is 11.2 Å². The highest BCUT2D eigenvalue weighted by molar-refractivity contribution is 6.05. The van der Waals surface area contributed by atoms with Gasteiger partial charge < -0.3 is 15.2 Å². The number of fused-ring (bicyclic) bond motifs is 1. The molecule has 1 aromatic carbocycles. The summed E-state index contributed by atoms with van der Waals surface area (Å²) in [5.74, 6) is -0.299. The number of carbonyl (C=O) groups is 2. The van der Waals surface area contributed by atoms with E-state index in [0.29, 0.717) is 29.5 Å². The second-order valence-electron chi connectivity index (χ2n) is 8.02. The number of carbonyl (C=O) groups excluding carboxylic acids is 2. The van der Waals surface area contributed by atoms with Crippen LogP contribution in [0.15, 0.2) is 42.9 Å². The third kappa shape index (κ3) is 4.04. The van der Waals surface area contributed by atoms with Crippen molar-refractivity contribution in [2.24, 2.45) is 0 Å². The number of anilines is 2. The number of hydrogen-bond donors (Lipinski definition) is 2. The minimum atomic E-state index is -0.258. The van der Waals surface area contributed by atoms with Crippen LogP contribution in [0.1, 0.15) is 42.1 Å². The molecular formula is C22H24N6O2. The molecule has 0 bridgehead atoms. The summed E-state index contributed by atoms with van der Waals surface area (Å²) < 4.78 is 2.07. The summed E-state index contributed by atoms with van der Waals surface area (Å²) in [6, 6.07) is 9.42. The molecule has 0 radical (unpaired) electrons. The maximum absolute atomic E-state index is 12.7. The molecule has 2 amide bonds. The van der Waals surface area contributed by atoms with E-state index in [1.165, 1.54) is 0 Å². The lowest BCUT2D eigenvalue weighted by atomic mass is 10.2. The lowest BCUT2D eigenvalue weighted by Crippen LogP contribution is -2.30. The quantitative estimate of drug-likeness (QED) is 0.659. The van der Waals surface area contributed by atoms with Gasteiger partial charge in [-0.05, 0) is 63.0 Å². The van der Waals surface area contributed by atoms with Crippen molar-refractivity contribution < 1.29 is 9.59 Å². The molecule has 3 aromatic rings. The van der Waals surface area contributed by atoms with Gasteiger partial charge in [0, 0.05) is 23.6 Å². The van der Waals surface area contributed by atoms with Gasteiger partial charge in [-0.1, -0.05) is 6.07 Å². The molecule has 0 spiro atoms. The molecule has 1 saturated carbocycles. The molecule has 2 N–H and O–H groups in total. The van der Waals surface area contributed by atoms with E-state index in [1.54, 1.807) is 36.8 Å². The van der Waals surface area contributed by atoms with Crippen LogP contribution in [0, 0.1) is 0 Å². The number of nitrogens with one attached hydrogen (secondary N) is 2. The van der Waals surface area contributed by atoms with Gasteiger partial charge >= 0.3 is 0 Å². The smallest absolute Gasteiger partial charge is 0.257 e. The normalized spacial score (nSPS) is 16.7. The molecular weight excluding hydrogens is 380 g/mol. The molecule has 3 heterocycles. The second-order valence-corrected chi connectivity index (χ2v) is 8.02. The van der Waals surface area contributed by atoms with Crippen LogP contribution < -0.4 is 10.6 Å². The Morgan fingerprint density at radius 1 is 1.03 bits per heavy atom. The number of pyridine rings is 1. The van der Waals surface area contributed by atoms with Crippen molar-refractivity contribution in [1.29, 1.82) is 0 Å². The summed E-state index contributed by atoms with van der Waals surface area (Å²) in [5.41, 5.74) is 3.26. The van der Waals surface area contributed by atoms with Gasteiger partial charge in [0.05, 0.1) is 18.4 Å². The average Bonchev–Trinajstić information content (AvgIpc) is 3.28. The SMILES string of the molecule is O=C(CN1CCCC1)Nc1cccc(NC(=O)c2cnc3c(c2)ncn3C2CC2)c1. The predicted molar refractivity (Wildman–Crippen MR) is 114 cm³/mol. The molecule has 1 saturated heterocycles. The summed E-state index contributed by atoms with van der Waals surface area (Å²) in [6.45, 7) is 2.34. The first-order chi connectivity index (χ1) is 14.7. The minimum absolute atomic E-state index is 0.0405. The van der Waals surface area contributed by atoms with Crippen LogP contribution in [-0.2, 0) is 4.79 Å². The molecule has 2 fully saturated rings. The fraction of sp³-hybridized carbons (Fsp3) is 0.364. The molecule has 1 aliphatic heterocycles. The maximum Gasteiger partial charge on any atom is 0.257 e. The van der Waals surface area contributed by atoms with Gasteiger partial charge in [-0.2, -0.15) is 0 Å². The van der Waals surface area contributed by atoms with Gasteiger partial charge in [0.15, 0.2) is 5.65 Å². The number of aromatic nitrogens is 3. The highest BCUT2D eigenvalue weighted by atomic mass is 16.2. The van der Waals surface area contributed by atoms with Crippen molar-refractivity contribution in [1.82, 2.24) is 19.4 Å². The minimum Gasteiger partial charge on any atom is -0.325 e. The molecule has 2 aliphatic rings. The average molecular weight is 404 g/mol. The number of hydrogen-bond acceptors (Lipinski definition) is 5. The van der Waals surface area contributed by atoms with E-state index in [4.69, 9.17) is 0 Å². The summed E-state index contributed by atoms with van der Waals surface area (Å²) in [5, 5.41) is 5.78. The fourth-order valence-corrected chi connectivity index (χ4v) is 3.89. The Labute approximate surface area is 174 Å².